The van der Waals surface area contributed by atoms with E-state index in [4.69, 9.17) is 9.47 Å². The second kappa shape index (κ2) is 13.7. The maximum atomic E-state index is 13.5. The molecule has 206 valence electrons. The van der Waals surface area contributed by atoms with Crippen LogP contribution in [0.5, 0.6) is 5.75 Å². The number of anilines is 1. The molecule has 1 heterocycles. The highest BCUT2D eigenvalue weighted by molar-refractivity contribution is 5.78. The summed E-state index contributed by atoms with van der Waals surface area (Å²) in [6.07, 6.45) is -0.313. The van der Waals surface area contributed by atoms with Crippen LogP contribution in [0, 0.1) is 0 Å². The molecular formula is C31H38N4O4. The standard InChI is InChI=1S/C31H38N4O4/c1-32(2)28-13-9-25(10-14-28)21-35(22-26-11-15-29(38-3)16-12-26)30(36)23-33-17-19-34(20-18-33)31(37)39-24-27-7-5-4-6-8-27/h4-16H,17-24H2,1-3H3. The van der Waals surface area contributed by atoms with E-state index in [1.165, 1.54) is 0 Å². The predicted molar refractivity (Wildman–Crippen MR) is 153 cm³/mol. The van der Waals surface area contributed by atoms with Gasteiger partial charge in [0.15, 0.2) is 0 Å². The van der Waals surface area contributed by atoms with Crippen LogP contribution in [0.3, 0.4) is 0 Å². The van der Waals surface area contributed by atoms with Crippen LogP contribution in [0.2, 0.25) is 0 Å². The van der Waals surface area contributed by atoms with Crippen LogP contribution in [0.1, 0.15) is 16.7 Å². The van der Waals surface area contributed by atoms with E-state index in [9.17, 15) is 9.59 Å². The zero-order valence-electron chi connectivity index (χ0n) is 23.1. The SMILES string of the molecule is COc1ccc(CN(Cc2ccc(N(C)C)cc2)C(=O)CN2CCN(C(=O)OCc3ccccc3)CC2)cc1. The number of ether oxygens (including phenoxy) is 2. The van der Waals surface area contributed by atoms with Crippen LogP contribution in [0.25, 0.3) is 0 Å². The summed E-state index contributed by atoms with van der Waals surface area (Å²) >= 11 is 0. The molecule has 4 rings (SSSR count). The molecule has 1 aliphatic heterocycles. The van der Waals surface area contributed by atoms with Crippen molar-refractivity contribution in [3.63, 3.8) is 0 Å². The van der Waals surface area contributed by atoms with Gasteiger partial charge in [-0.15, -0.1) is 0 Å². The molecule has 0 saturated carbocycles. The van der Waals surface area contributed by atoms with Crippen molar-refractivity contribution in [1.82, 2.24) is 14.7 Å². The second-order valence-corrected chi connectivity index (χ2v) is 9.96. The van der Waals surface area contributed by atoms with Gasteiger partial charge in [0.2, 0.25) is 5.91 Å². The van der Waals surface area contributed by atoms with Gasteiger partial charge in [0.1, 0.15) is 12.4 Å². The zero-order chi connectivity index (χ0) is 27.6. The van der Waals surface area contributed by atoms with Gasteiger partial charge in [-0.1, -0.05) is 54.6 Å². The van der Waals surface area contributed by atoms with E-state index in [0.29, 0.717) is 45.8 Å². The molecule has 2 amide bonds. The first-order valence-corrected chi connectivity index (χ1v) is 13.3. The number of carbonyl (C=O) groups excluding carboxylic acids is 2. The molecule has 8 nitrogen and oxygen atoms in total. The molecular weight excluding hydrogens is 492 g/mol. The summed E-state index contributed by atoms with van der Waals surface area (Å²) in [5, 5.41) is 0. The Labute approximate surface area is 231 Å². The van der Waals surface area contributed by atoms with E-state index in [0.717, 1.165) is 28.1 Å². The van der Waals surface area contributed by atoms with Gasteiger partial charge in [-0.3, -0.25) is 9.69 Å². The van der Waals surface area contributed by atoms with Crippen molar-refractivity contribution in [2.24, 2.45) is 0 Å². The molecule has 1 saturated heterocycles. The second-order valence-electron chi connectivity index (χ2n) is 9.96. The lowest BCUT2D eigenvalue weighted by Gasteiger charge is -2.35. The van der Waals surface area contributed by atoms with Crippen LogP contribution < -0.4 is 9.64 Å². The Morgan fingerprint density at radius 1 is 0.769 bits per heavy atom. The summed E-state index contributed by atoms with van der Waals surface area (Å²) < 4.78 is 10.8. The number of methoxy groups -OCH3 is 1. The van der Waals surface area contributed by atoms with E-state index in [2.05, 4.69) is 34.1 Å². The molecule has 0 radical (unpaired) electrons. The fraction of sp³-hybridized carbons (Fsp3) is 0.355. The average molecular weight is 531 g/mol. The van der Waals surface area contributed by atoms with Gasteiger partial charge in [0.25, 0.3) is 0 Å². The van der Waals surface area contributed by atoms with Gasteiger partial charge in [-0.2, -0.15) is 0 Å². The maximum Gasteiger partial charge on any atom is 0.410 e. The first-order chi connectivity index (χ1) is 18.9. The molecule has 0 bridgehead atoms. The number of piperazine rings is 1. The molecule has 0 N–H and O–H groups in total. The van der Waals surface area contributed by atoms with Crippen molar-refractivity contribution in [2.45, 2.75) is 19.7 Å². The van der Waals surface area contributed by atoms with E-state index < -0.39 is 0 Å². The highest BCUT2D eigenvalue weighted by Gasteiger charge is 2.25. The Morgan fingerprint density at radius 3 is 1.92 bits per heavy atom. The summed E-state index contributed by atoms with van der Waals surface area (Å²) in [6.45, 7) is 3.90. The van der Waals surface area contributed by atoms with Crippen LogP contribution in [0.15, 0.2) is 78.9 Å². The number of carbonyl (C=O) groups is 2. The van der Waals surface area contributed by atoms with Gasteiger partial charge < -0.3 is 24.2 Å². The molecule has 39 heavy (non-hydrogen) atoms. The Hall–Kier alpha value is -4.04. The van der Waals surface area contributed by atoms with Crippen molar-refractivity contribution in [3.8, 4) is 5.75 Å². The Balaban J connectivity index is 1.34. The van der Waals surface area contributed by atoms with Crippen molar-refractivity contribution >= 4 is 17.7 Å². The average Bonchev–Trinajstić information content (AvgIpc) is 2.97. The maximum absolute atomic E-state index is 13.5. The molecule has 0 spiro atoms. The monoisotopic (exact) mass is 530 g/mol. The molecule has 0 aromatic heterocycles. The lowest BCUT2D eigenvalue weighted by Crippen LogP contribution is -2.51. The normalized spacial score (nSPS) is 13.6. The molecule has 0 unspecified atom stereocenters. The van der Waals surface area contributed by atoms with Gasteiger partial charge in [0, 0.05) is 59.1 Å². The molecule has 3 aromatic carbocycles. The zero-order valence-corrected chi connectivity index (χ0v) is 23.1. The van der Waals surface area contributed by atoms with E-state index in [-0.39, 0.29) is 18.6 Å². The minimum absolute atomic E-state index is 0.0580. The third-order valence-electron chi connectivity index (χ3n) is 6.91. The Morgan fingerprint density at radius 2 is 1.36 bits per heavy atom. The minimum atomic E-state index is -0.313. The summed E-state index contributed by atoms with van der Waals surface area (Å²) in [7, 11) is 5.67. The molecule has 0 aliphatic carbocycles. The van der Waals surface area contributed by atoms with Crippen molar-refractivity contribution in [3.05, 3.63) is 95.6 Å². The summed E-state index contributed by atoms with van der Waals surface area (Å²) in [5.41, 5.74) is 4.20. The summed E-state index contributed by atoms with van der Waals surface area (Å²) in [4.78, 5) is 33.8. The Kier molecular flexibility index (Phi) is 9.80. The van der Waals surface area contributed by atoms with Crippen molar-refractivity contribution in [1.29, 1.82) is 0 Å². The van der Waals surface area contributed by atoms with E-state index in [1.54, 1.807) is 12.0 Å². The highest BCUT2D eigenvalue weighted by atomic mass is 16.6. The van der Waals surface area contributed by atoms with E-state index in [1.807, 2.05) is 73.6 Å². The number of rotatable bonds is 10. The molecule has 8 heteroatoms. The molecule has 3 aromatic rings. The van der Waals surface area contributed by atoms with Crippen LogP contribution in [0.4, 0.5) is 10.5 Å². The van der Waals surface area contributed by atoms with Crippen LogP contribution in [-0.2, 0) is 29.2 Å². The number of hydrogen-bond acceptors (Lipinski definition) is 6. The molecule has 1 fully saturated rings. The van der Waals surface area contributed by atoms with Crippen molar-refractivity contribution < 1.29 is 19.1 Å². The van der Waals surface area contributed by atoms with Crippen LogP contribution in [-0.4, -0.2) is 80.6 Å². The summed E-state index contributed by atoms with van der Waals surface area (Å²) in [6, 6.07) is 25.8. The third kappa shape index (κ3) is 8.22. The molecule has 1 aliphatic rings. The van der Waals surface area contributed by atoms with Gasteiger partial charge in [0.05, 0.1) is 13.7 Å². The fourth-order valence-corrected chi connectivity index (χ4v) is 4.49. The first kappa shape index (κ1) is 28.0. The Bertz CT molecular complexity index is 1190. The fourth-order valence-electron chi connectivity index (χ4n) is 4.49. The topological polar surface area (TPSA) is 65.6 Å². The first-order valence-electron chi connectivity index (χ1n) is 13.3. The number of benzene rings is 3. The predicted octanol–water partition coefficient (Wildman–Crippen LogP) is 4.24. The van der Waals surface area contributed by atoms with E-state index >= 15 is 0 Å². The number of nitrogens with zero attached hydrogens (tertiary/aromatic N) is 4. The third-order valence-corrected chi connectivity index (χ3v) is 6.91. The lowest BCUT2D eigenvalue weighted by molar-refractivity contribution is -0.134. The highest BCUT2D eigenvalue weighted by Crippen LogP contribution is 2.18. The van der Waals surface area contributed by atoms with Gasteiger partial charge in [-0.05, 0) is 41.0 Å². The minimum Gasteiger partial charge on any atom is -0.497 e. The largest absolute Gasteiger partial charge is 0.497 e. The quantitative estimate of drug-likeness (QED) is 0.391. The smallest absolute Gasteiger partial charge is 0.410 e. The number of amides is 2. The van der Waals surface area contributed by atoms with Gasteiger partial charge in [-0.25, -0.2) is 4.79 Å². The van der Waals surface area contributed by atoms with Gasteiger partial charge >= 0.3 is 6.09 Å². The summed E-state index contributed by atoms with van der Waals surface area (Å²) in [5.74, 6) is 0.846. The number of hydrogen-bond donors (Lipinski definition) is 0. The molecule has 0 atom stereocenters. The van der Waals surface area contributed by atoms with Crippen molar-refractivity contribution in [2.75, 3.05) is 58.8 Å². The van der Waals surface area contributed by atoms with Crippen LogP contribution >= 0.6 is 0 Å². The lowest BCUT2D eigenvalue weighted by atomic mass is 10.1.